The highest BCUT2D eigenvalue weighted by Gasteiger charge is 2.18. The van der Waals surface area contributed by atoms with Crippen molar-refractivity contribution in [2.24, 2.45) is 0 Å². The molecule has 0 saturated carbocycles. The van der Waals surface area contributed by atoms with Crippen LogP contribution >= 0.6 is 11.8 Å². The predicted molar refractivity (Wildman–Crippen MR) is 90.0 cm³/mol. The van der Waals surface area contributed by atoms with E-state index in [-0.39, 0.29) is 12.0 Å². The molecule has 1 aromatic rings. The first-order valence-electron chi connectivity index (χ1n) is 7.94. The molecule has 7 heteroatoms. The molecule has 1 amide bonds. The summed E-state index contributed by atoms with van der Waals surface area (Å²) in [6.45, 7) is 5.15. The number of carbonyl (C=O) groups excluding carboxylic acids is 1. The van der Waals surface area contributed by atoms with Gasteiger partial charge in [0.15, 0.2) is 6.29 Å². The summed E-state index contributed by atoms with van der Waals surface area (Å²) in [6.07, 6.45) is 2.37. The van der Waals surface area contributed by atoms with Crippen LogP contribution in [0.3, 0.4) is 0 Å². The molecule has 1 atom stereocenters. The number of pyridine rings is 1. The Hall–Kier alpha value is -1.31. The maximum absolute atomic E-state index is 12.2. The molecule has 1 fully saturated rings. The van der Waals surface area contributed by atoms with Gasteiger partial charge in [-0.1, -0.05) is 0 Å². The molecule has 0 aromatic carbocycles. The van der Waals surface area contributed by atoms with E-state index in [1.807, 2.05) is 25.6 Å². The van der Waals surface area contributed by atoms with Crippen LogP contribution in [0.15, 0.2) is 18.3 Å². The van der Waals surface area contributed by atoms with Gasteiger partial charge in [0.25, 0.3) is 5.91 Å². The molecule has 0 spiro atoms. The second kappa shape index (κ2) is 9.75. The fraction of sp³-hybridized carbons (Fsp3) is 0.625. The number of aromatic nitrogens is 1. The summed E-state index contributed by atoms with van der Waals surface area (Å²) in [7, 11) is 0. The summed E-state index contributed by atoms with van der Waals surface area (Å²) in [4.78, 5) is 16.4. The highest BCUT2D eigenvalue weighted by atomic mass is 32.2. The van der Waals surface area contributed by atoms with Gasteiger partial charge in [-0.05, 0) is 32.1 Å². The van der Waals surface area contributed by atoms with E-state index in [1.165, 1.54) is 0 Å². The highest BCUT2D eigenvalue weighted by molar-refractivity contribution is 7.99. The maximum Gasteiger partial charge on any atom is 0.251 e. The summed E-state index contributed by atoms with van der Waals surface area (Å²) in [5, 5.41) is 2.81. The molecule has 128 valence electrons. The third kappa shape index (κ3) is 6.01. The normalized spacial score (nSPS) is 17.4. The van der Waals surface area contributed by atoms with Crippen LogP contribution in [0.25, 0.3) is 0 Å². The number of hydrogen-bond acceptors (Lipinski definition) is 6. The smallest absolute Gasteiger partial charge is 0.251 e. The molecule has 2 rings (SSSR count). The quantitative estimate of drug-likeness (QED) is 0.694. The Morgan fingerprint density at radius 2 is 2.22 bits per heavy atom. The molecule has 1 aliphatic rings. The number of carbonyl (C=O) groups is 1. The van der Waals surface area contributed by atoms with Crippen LogP contribution in [-0.2, 0) is 9.47 Å². The minimum atomic E-state index is -0.429. The minimum absolute atomic E-state index is 0.186. The number of hydrogen-bond donors (Lipinski definition) is 1. The zero-order valence-electron chi connectivity index (χ0n) is 13.6. The van der Waals surface area contributed by atoms with E-state index in [0.29, 0.717) is 31.2 Å². The second-order valence-electron chi connectivity index (χ2n) is 5.04. The van der Waals surface area contributed by atoms with E-state index in [4.69, 9.17) is 14.2 Å². The third-order valence-corrected chi connectivity index (χ3v) is 4.44. The number of nitrogens with zero attached hydrogens (tertiary/aromatic N) is 1. The molecule has 1 N–H and O–H groups in total. The lowest BCUT2D eigenvalue weighted by Crippen LogP contribution is -2.35. The molecule has 1 aliphatic heterocycles. The molecular formula is C16H24N2O4S. The molecule has 23 heavy (non-hydrogen) atoms. The molecule has 0 radical (unpaired) electrons. The van der Waals surface area contributed by atoms with Crippen LogP contribution in [0, 0.1) is 0 Å². The van der Waals surface area contributed by atoms with Gasteiger partial charge in [-0.25, -0.2) is 4.98 Å². The molecular weight excluding hydrogens is 316 g/mol. The molecule has 1 unspecified atom stereocenters. The summed E-state index contributed by atoms with van der Waals surface area (Å²) in [6, 6.07) is 3.34. The third-order valence-electron chi connectivity index (χ3n) is 3.31. The van der Waals surface area contributed by atoms with Gasteiger partial charge in [-0.15, -0.1) is 0 Å². The van der Waals surface area contributed by atoms with Crippen molar-refractivity contribution in [3.63, 3.8) is 0 Å². The van der Waals surface area contributed by atoms with Crippen LogP contribution in [0.2, 0.25) is 0 Å². The first-order valence-corrected chi connectivity index (χ1v) is 9.10. The average Bonchev–Trinajstić information content (AvgIpc) is 3.06. The second-order valence-corrected chi connectivity index (χ2v) is 6.19. The zero-order chi connectivity index (χ0) is 16.5. The van der Waals surface area contributed by atoms with Gasteiger partial charge in [-0.3, -0.25) is 4.79 Å². The molecule has 0 aliphatic carbocycles. The molecule has 0 bridgehead atoms. The standard InChI is InChI=1S/C16H24N2O4S/c1-3-20-15(21-4-2)10-18-16(19)12-5-7-17-14(9-12)22-13-6-8-23-11-13/h5,7,9,13,15H,3-4,6,8,10-11H2,1-2H3,(H,18,19). The van der Waals surface area contributed by atoms with Crippen LogP contribution < -0.4 is 10.1 Å². The Morgan fingerprint density at radius 1 is 1.43 bits per heavy atom. The van der Waals surface area contributed by atoms with Gasteiger partial charge in [0.2, 0.25) is 5.88 Å². The van der Waals surface area contributed by atoms with Gasteiger partial charge in [0.05, 0.1) is 6.54 Å². The topological polar surface area (TPSA) is 69.7 Å². The van der Waals surface area contributed by atoms with Crippen LogP contribution in [0.1, 0.15) is 30.6 Å². The number of thioether (sulfide) groups is 1. The van der Waals surface area contributed by atoms with Gasteiger partial charge in [-0.2, -0.15) is 11.8 Å². The van der Waals surface area contributed by atoms with E-state index in [1.54, 1.807) is 18.3 Å². The molecule has 1 saturated heterocycles. The lowest BCUT2D eigenvalue weighted by Gasteiger charge is -2.17. The summed E-state index contributed by atoms with van der Waals surface area (Å²) in [5.41, 5.74) is 0.521. The Bertz CT molecular complexity index is 489. The molecule has 6 nitrogen and oxygen atoms in total. The van der Waals surface area contributed by atoms with Crippen molar-refractivity contribution in [1.29, 1.82) is 0 Å². The van der Waals surface area contributed by atoms with Crippen molar-refractivity contribution >= 4 is 17.7 Å². The van der Waals surface area contributed by atoms with Gasteiger partial charge < -0.3 is 19.5 Å². The Labute approximate surface area is 141 Å². The van der Waals surface area contributed by atoms with Crippen LogP contribution in [0.5, 0.6) is 5.88 Å². The fourth-order valence-corrected chi connectivity index (χ4v) is 3.30. The van der Waals surface area contributed by atoms with E-state index in [2.05, 4.69) is 10.3 Å². The van der Waals surface area contributed by atoms with E-state index < -0.39 is 6.29 Å². The SMILES string of the molecule is CCOC(CNC(=O)c1ccnc(OC2CCSC2)c1)OCC. The van der Waals surface area contributed by atoms with Crippen molar-refractivity contribution < 1.29 is 19.0 Å². The van der Waals surface area contributed by atoms with Gasteiger partial charge in [0.1, 0.15) is 6.10 Å². The van der Waals surface area contributed by atoms with Gasteiger partial charge >= 0.3 is 0 Å². The number of ether oxygens (including phenoxy) is 3. The number of rotatable bonds is 9. The van der Waals surface area contributed by atoms with Crippen molar-refractivity contribution in [3.8, 4) is 5.88 Å². The van der Waals surface area contributed by atoms with Crippen molar-refractivity contribution in [3.05, 3.63) is 23.9 Å². The van der Waals surface area contributed by atoms with Crippen LogP contribution in [-0.4, -0.2) is 54.5 Å². The average molecular weight is 340 g/mol. The summed E-state index contributed by atoms with van der Waals surface area (Å²) < 4.78 is 16.6. The highest BCUT2D eigenvalue weighted by Crippen LogP contribution is 2.22. The van der Waals surface area contributed by atoms with Crippen LogP contribution in [0.4, 0.5) is 0 Å². The zero-order valence-corrected chi connectivity index (χ0v) is 14.4. The maximum atomic E-state index is 12.2. The van der Waals surface area contributed by atoms with E-state index in [9.17, 15) is 4.79 Å². The number of nitrogens with one attached hydrogen (secondary N) is 1. The predicted octanol–water partition coefficient (Wildman–Crippen LogP) is 2.09. The van der Waals surface area contributed by atoms with Crippen molar-refractivity contribution in [2.75, 3.05) is 31.3 Å². The lowest BCUT2D eigenvalue weighted by atomic mass is 10.2. The van der Waals surface area contributed by atoms with Gasteiger partial charge in [0, 0.05) is 36.8 Å². The Morgan fingerprint density at radius 3 is 2.87 bits per heavy atom. The lowest BCUT2D eigenvalue weighted by molar-refractivity contribution is -0.131. The Kier molecular flexibility index (Phi) is 7.64. The van der Waals surface area contributed by atoms with Crippen molar-refractivity contribution in [1.82, 2.24) is 10.3 Å². The summed E-state index contributed by atoms with van der Waals surface area (Å²) in [5.74, 6) is 2.39. The molecule has 1 aromatic heterocycles. The minimum Gasteiger partial charge on any atom is -0.473 e. The number of amides is 1. The Balaban J connectivity index is 1.88. The summed E-state index contributed by atoms with van der Waals surface area (Å²) >= 11 is 1.87. The van der Waals surface area contributed by atoms with Crippen molar-refractivity contribution in [2.45, 2.75) is 32.7 Å². The molecule has 2 heterocycles. The van der Waals surface area contributed by atoms with E-state index in [0.717, 1.165) is 17.9 Å². The first kappa shape index (κ1) is 18.0. The first-order chi connectivity index (χ1) is 11.2. The van der Waals surface area contributed by atoms with E-state index >= 15 is 0 Å². The largest absolute Gasteiger partial charge is 0.473 e. The fourth-order valence-electron chi connectivity index (χ4n) is 2.21. The monoisotopic (exact) mass is 340 g/mol.